The Bertz CT molecular complexity index is 493. The molecule has 0 saturated carbocycles. The molecule has 2 rings (SSSR count). The van der Waals surface area contributed by atoms with Crippen LogP contribution in [0.15, 0.2) is 23.6 Å². The molecule has 0 aliphatic rings. The van der Waals surface area contributed by atoms with E-state index in [2.05, 4.69) is 10.3 Å². The van der Waals surface area contributed by atoms with E-state index in [1.807, 2.05) is 12.4 Å². The van der Waals surface area contributed by atoms with Gasteiger partial charge in [-0.15, -0.1) is 11.3 Å². The fourth-order valence-electron chi connectivity index (χ4n) is 1.54. The van der Waals surface area contributed by atoms with E-state index in [0.717, 1.165) is 17.2 Å². The average Bonchev–Trinajstić information content (AvgIpc) is 2.72. The van der Waals surface area contributed by atoms with Crippen molar-refractivity contribution >= 4 is 22.9 Å². The van der Waals surface area contributed by atoms with E-state index in [9.17, 15) is 4.39 Å². The standard InChI is InChI=1S/C12H12ClFN2S/c1-15-6-8-7-17-12(16-8)5-9-10(13)3-2-4-11(9)14/h2-4,7,15H,5-6H2,1H3. The molecule has 0 atom stereocenters. The molecule has 0 saturated heterocycles. The number of aromatic nitrogens is 1. The van der Waals surface area contributed by atoms with Gasteiger partial charge in [-0.3, -0.25) is 0 Å². The predicted octanol–water partition coefficient (Wildman–Crippen LogP) is 3.25. The highest BCUT2D eigenvalue weighted by Gasteiger charge is 2.10. The number of rotatable bonds is 4. The lowest BCUT2D eigenvalue weighted by atomic mass is 10.1. The lowest BCUT2D eigenvalue weighted by Crippen LogP contribution is -2.05. The Hall–Kier alpha value is -0.970. The zero-order chi connectivity index (χ0) is 12.3. The zero-order valence-electron chi connectivity index (χ0n) is 9.34. The maximum Gasteiger partial charge on any atom is 0.128 e. The van der Waals surface area contributed by atoms with Crippen molar-refractivity contribution < 1.29 is 4.39 Å². The molecule has 0 unspecified atom stereocenters. The molecular weight excluding hydrogens is 259 g/mol. The molecule has 0 spiro atoms. The van der Waals surface area contributed by atoms with Crippen LogP contribution in [0.4, 0.5) is 4.39 Å². The first kappa shape index (κ1) is 12.5. The molecule has 0 amide bonds. The van der Waals surface area contributed by atoms with Crippen LogP contribution in [-0.2, 0) is 13.0 Å². The summed E-state index contributed by atoms with van der Waals surface area (Å²) in [6.45, 7) is 0.724. The van der Waals surface area contributed by atoms with E-state index < -0.39 is 0 Å². The van der Waals surface area contributed by atoms with Crippen LogP contribution >= 0.6 is 22.9 Å². The Labute approximate surface area is 108 Å². The molecule has 1 N–H and O–H groups in total. The molecule has 2 nitrogen and oxygen atoms in total. The van der Waals surface area contributed by atoms with Crippen LogP contribution in [0.1, 0.15) is 16.3 Å². The van der Waals surface area contributed by atoms with Gasteiger partial charge in [-0.05, 0) is 19.2 Å². The summed E-state index contributed by atoms with van der Waals surface area (Å²) in [5.74, 6) is -0.275. The number of nitrogens with zero attached hydrogens (tertiary/aromatic N) is 1. The molecule has 1 aromatic carbocycles. The lowest BCUT2D eigenvalue weighted by molar-refractivity contribution is 0.614. The quantitative estimate of drug-likeness (QED) is 0.923. The first-order chi connectivity index (χ1) is 8.20. The summed E-state index contributed by atoms with van der Waals surface area (Å²) in [6.07, 6.45) is 0.444. The van der Waals surface area contributed by atoms with Gasteiger partial charge in [-0.2, -0.15) is 0 Å². The number of benzene rings is 1. The van der Waals surface area contributed by atoms with Gasteiger partial charge in [0, 0.05) is 28.9 Å². The Morgan fingerprint density at radius 2 is 2.29 bits per heavy atom. The molecule has 5 heteroatoms. The molecule has 1 heterocycles. The van der Waals surface area contributed by atoms with Crippen LogP contribution in [0.5, 0.6) is 0 Å². The smallest absolute Gasteiger partial charge is 0.128 e. The van der Waals surface area contributed by atoms with Crippen molar-refractivity contribution in [2.24, 2.45) is 0 Å². The topological polar surface area (TPSA) is 24.9 Å². The monoisotopic (exact) mass is 270 g/mol. The summed E-state index contributed by atoms with van der Waals surface area (Å²) in [5.41, 5.74) is 1.49. The van der Waals surface area contributed by atoms with Crippen molar-refractivity contribution in [3.05, 3.63) is 50.7 Å². The highest BCUT2D eigenvalue weighted by Crippen LogP contribution is 2.23. The lowest BCUT2D eigenvalue weighted by Gasteiger charge is -2.03. The molecule has 0 fully saturated rings. The van der Waals surface area contributed by atoms with E-state index in [1.54, 1.807) is 12.1 Å². The third kappa shape index (κ3) is 3.03. The van der Waals surface area contributed by atoms with Crippen LogP contribution in [0, 0.1) is 5.82 Å². The van der Waals surface area contributed by atoms with Crippen LogP contribution in [-0.4, -0.2) is 12.0 Å². The first-order valence-corrected chi connectivity index (χ1v) is 6.47. The molecule has 0 aliphatic carbocycles. The minimum absolute atomic E-state index is 0.275. The second-order valence-corrected chi connectivity index (χ2v) is 4.99. The molecule has 90 valence electrons. The van der Waals surface area contributed by atoms with Gasteiger partial charge in [-0.25, -0.2) is 9.37 Å². The number of nitrogens with one attached hydrogen (secondary N) is 1. The normalized spacial score (nSPS) is 10.8. The van der Waals surface area contributed by atoms with Crippen molar-refractivity contribution in [1.29, 1.82) is 0 Å². The summed E-state index contributed by atoms with van der Waals surface area (Å²) in [5, 5.41) is 6.33. The minimum atomic E-state index is -0.275. The zero-order valence-corrected chi connectivity index (χ0v) is 10.9. The number of halogens is 2. The second-order valence-electron chi connectivity index (χ2n) is 3.64. The predicted molar refractivity (Wildman–Crippen MR) is 69.1 cm³/mol. The van der Waals surface area contributed by atoms with Crippen LogP contribution in [0.3, 0.4) is 0 Å². The third-order valence-electron chi connectivity index (χ3n) is 2.35. The van der Waals surface area contributed by atoms with Gasteiger partial charge >= 0.3 is 0 Å². The van der Waals surface area contributed by atoms with Gasteiger partial charge in [0.25, 0.3) is 0 Å². The molecule has 0 radical (unpaired) electrons. The van der Waals surface area contributed by atoms with E-state index in [4.69, 9.17) is 11.6 Å². The van der Waals surface area contributed by atoms with E-state index >= 15 is 0 Å². The number of hydrogen-bond donors (Lipinski definition) is 1. The number of thiazole rings is 1. The molecule has 2 aromatic rings. The van der Waals surface area contributed by atoms with Gasteiger partial charge in [0.15, 0.2) is 0 Å². The Morgan fingerprint density at radius 3 is 3.00 bits per heavy atom. The van der Waals surface area contributed by atoms with Gasteiger partial charge in [-0.1, -0.05) is 17.7 Å². The van der Waals surface area contributed by atoms with Crippen molar-refractivity contribution in [2.45, 2.75) is 13.0 Å². The van der Waals surface area contributed by atoms with E-state index in [1.165, 1.54) is 17.4 Å². The van der Waals surface area contributed by atoms with Gasteiger partial charge in [0.1, 0.15) is 5.82 Å². The minimum Gasteiger partial charge on any atom is -0.314 e. The second kappa shape index (κ2) is 5.58. The highest BCUT2D eigenvalue weighted by molar-refractivity contribution is 7.09. The van der Waals surface area contributed by atoms with Crippen LogP contribution in [0.25, 0.3) is 0 Å². The summed E-state index contributed by atoms with van der Waals surface area (Å²) in [4.78, 5) is 4.41. The number of hydrogen-bond acceptors (Lipinski definition) is 3. The highest BCUT2D eigenvalue weighted by atomic mass is 35.5. The fraction of sp³-hybridized carbons (Fsp3) is 0.250. The van der Waals surface area contributed by atoms with Crippen LogP contribution < -0.4 is 5.32 Å². The van der Waals surface area contributed by atoms with E-state index in [-0.39, 0.29) is 5.82 Å². The summed E-state index contributed by atoms with van der Waals surface area (Å²) in [6, 6.07) is 4.72. The average molecular weight is 271 g/mol. The van der Waals surface area contributed by atoms with E-state index in [0.29, 0.717) is 17.0 Å². The van der Waals surface area contributed by atoms with Crippen molar-refractivity contribution in [3.63, 3.8) is 0 Å². The third-order valence-corrected chi connectivity index (χ3v) is 3.60. The van der Waals surface area contributed by atoms with Crippen molar-refractivity contribution in [2.75, 3.05) is 7.05 Å². The largest absolute Gasteiger partial charge is 0.314 e. The van der Waals surface area contributed by atoms with Gasteiger partial charge in [0.2, 0.25) is 0 Å². The maximum absolute atomic E-state index is 13.6. The molecule has 0 aliphatic heterocycles. The Morgan fingerprint density at radius 1 is 1.47 bits per heavy atom. The fourth-order valence-corrected chi connectivity index (χ4v) is 2.58. The summed E-state index contributed by atoms with van der Waals surface area (Å²) < 4.78 is 13.6. The first-order valence-electron chi connectivity index (χ1n) is 5.21. The van der Waals surface area contributed by atoms with Crippen LogP contribution in [0.2, 0.25) is 5.02 Å². The molecular formula is C12H12ClFN2S. The van der Waals surface area contributed by atoms with Gasteiger partial charge < -0.3 is 5.32 Å². The van der Waals surface area contributed by atoms with Crippen molar-refractivity contribution in [3.8, 4) is 0 Å². The molecule has 17 heavy (non-hydrogen) atoms. The SMILES string of the molecule is CNCc1csc(Cc2c(F)cccc2Cl)n1. The summed E-state index contributed by atoms with van der Waals surface area (Å²) in [7, 11) is 1.87. The maximum atomic E-state index is 13.6. The van der Waals surface area contributed by atoms with Crippen molar-refractivity contribution in [1.82, 2.24) is 10.3 Å². The molecule has 1 aromatic heterocycles. The Balaban J connectivity index is 2.19. The Kier molecular flexibility index (Phi) is 4.10. The summed E-state index contributed by atoms with van der Waals surface area (Å²) >= 11 is 7.50. The van der Waals surface area contributed by atoms with Gasteiger partial charge in [0.05, 0.1) is 10.7 Å². The molecule has 0 bridgehead atoms.